The molecule has 4 rings (SSSR count). The van der Waals surface area contributed by atoms with Gasteiger partial charge in [0.2, 0.25) is 5.91 Å². The fourth-order valence-corrected chi connectivity index (χ4v) is 7.20. The molecule has 2 aliphatic rings. The van der Waals surface area contributed by atoms with Gasteiger partial charge in [-0.25, -0.2) is 13.4 Å². The van der Waals surface area contributed by atoms with Crippen molar-refractivity contribution in [1.29, 1.82) is 5.26 Å². The summed E-state index contributed by atoms with van der Waals surface area (Å²) in [7, 11) is -3.25. The number of nitrogens with zero attached hydrogens (tertiary/aromatic N) is 3. The molecule has 2 heterocycles. The zero-order valence-electron chi connectivity index (χ0n) is 20.7. The molecule has 1 aliphatic carbocycles. The summed E-state index contributed by atoms with van der Waals surface area (Å²) < 4.78 is 24.0. The summed E-state index contributed by atoms with van der Waals surface area (Å²) in [5.74, 6) is 1.17. The van der Waals surface area contributed by atoms with Crippen LogP contribution in [-0.4, -0.2) is 36.5 Å². The summed E-state index contributed by atoms with van der Waals surface area (Å²) in [4.78, 5) is 21.5. The van der Waals surface area contributed by atoms with Gasteiger partial charge in [-0.05, 0) is 55.2 Å². The molecular formula is C26H34N4O3S2. The van der Waals surface area contributed by atoms with Crippen molar-refractivity contribution in [3.63, 3.8) is 0 Å². The molecule has 0 radical (unpaired) electrons. The van der Waals surface area contributed by atoms with Gasteiger partial charge in [0, 0.05) is 23.9 Å². The molecule has 35 heavy (non-hydrogen) atoms. The first kappa shape index (κ1) is 25.8. The number of benzene rings is 1. The van der Waals surface area contributed by atoms with Gasteiger partial charge in [-0.3, -0.25) is 9.69 Å². The summed E-state index contributed by atoms with van der Waals surface area (Å²) in [6, 6.07) is 9.18. The minimum atomic E-state index is -3.25. The number of rotatable bonds is 8. The highest BCUT2D eigenvalue weighted by Crippen LogP contribution is 2.43. The molecule has 1 amide bonds. The molecule has 0 saturated heterocycles. The average molecular weight is 515 g/mol. The Hall–Kier alpha value is -2.28. The topological polar surface area (TPSA) is 103 Å². The normalized spacial score (nSPS) is 22.7. The molecule has 1 unspecified atom stereocenters. The first-order valence-corrected chi connectivity index (χ1v) is 14.9. The summed E-state index contributed by atoms with van der Waals surface area (Å²) in [5, 5.41) is 12.7. The molecule has 2 aromatic rings. The molecule has 0 bridgehead atoms. The quantitative estimate of drug-likeness (QED) is 0.534. The number of hydrogen-bond donors (Lipinski definition) is 1. The number of fused-ring (bicyclic) bond motifs is 1. The Balaban J connectivity index is 1.37. The van der Waals surface area contributed by atoms with E-state index in [-0.39, 0.29) is 34.9 Å². The van der Waals surface area contributed by atoms with Gasteiger partial charge in [-0.2, -0.15) is 5.26 Å². The van der Waals surface area contributed by atoms with E-state index in [0.29, 0.717) is 17.0 Å². The van der Waals surface area contributed by atoms with Crippen LogP contribution in [0.1, 0.15) is 68.6 Å². The second-order valence-corrected chi connectivity index (χ2v) is 13.4. The Morgan fingerprint density at radius 2 is 1.91 bits per heavy atom. The van der Waals surface area contributed by atoms with Gasteiger partial charge in [-0.15, -0.1) is 11.3 Å². The molecule has 7 nitrogen and oxygen atoms in total. The summed E-state index contributed by atoms with van der Waals surface area (Å²) >= 11 is 1.55. The van der Waals surface area contributed by atoms with Crippen LogP contribution in [0.2, 0.25) is 0 Å². The van der Waals surface area contributed by atoms with E-state index in [2.05, 4.69) is 30.1 Å². The number of amides is 1. The van der Waals surface area contributed by atoms with Crippen LogP contribution in [-0.2, 0) is 27.6 Å². The van der Waals surface area contributed by atoms with Crippen LogP contribution in [0.4, 0.5) is 5.13 Å². The molecule has 1 aromatic heterocycles. The van der Waals surface area contributed by atoms with Crippen LogP contribution in [0.3, 0.4) is 0 Å². The molecule has 9 heteroatoms. The van der Waals surface area contributed by atoms with Crippen LogP contribution in [0.15, 0.2) is 29.2 Å². The van der Waals surface area contributed by atoms with Gasteiger partial charge in [0.05, 0.1) is 34.9 Å². The van der Waals surface area contributed by atoms with Crippen molar-refractivity contribution in [2.75, 3.05) is 17.6 Å². The molecule has 0 spiro atoms. The number of aromatic nitrogens is 1. The zero-order chi connectivity index (χ0) is 25.2. The first-order chi connectivity index (χ1) is 16.7. The molecule has 1 aliphatic heterocycles. The second kappa shape index (κ2) is 10.8. The van der Waals surface area contributed by atoms with Gasteiger partial charge < -0.3 is 5.32 Å². The van der Waals surface area contributed by atoms with Gasteiger partial charge in [0.15, 0.2) is 15.0 Å². The molecule has 1 aromatic carbocycles. The SMILES string of the molecule is CCS(=O)(=O)c1ccc(CC(=O)Nc2nc3c(s2)CN(CC2CCC(C#N)CC2)C3C(C)C)cc1. The third-order valence-corrected chi connectivity index (χ3v) is 9.90. The third kappa shape index (κ3) is 5.93. The van der Waals surface area contributed by atoms with Crippen LogP contribution in [0.5, 0.6) is 0 Å². The zero-order valence-corrected chi connectivity index (χ0v) is 22.3. The maximum Gasteiger partial charge on any atom is 0.230 e. The van der Waals surface area contributed by atoms with E-state index >= 15 is 0 Å². The van der Waals surface area contributed by atoms with Gasteiger partial charge in [-0.1, -0.05) is 32.9 Å². The lowest BCUT2D eigenvalue weighted by Crippen LogP contribution is -2.33. The lowest BCUT2D eigenvalue weighted by molar-refractivity contribution is -0.115. The van der Waals surface area contributed by atoms with Gasteiger partial charge >= 0.3 is 0 Å². The van der Waals surface area contributed by atoms with Crippen molar-refractivity contribution in [3.05, 3.63) is 40.4 Å². The predicted molar refractivity (Wildman–Crippen MR) is 138 cm³/mol. The van der Waals surface area contributed by atoms with E-state index in [1.807, 2.05) is 0 Å². The number of carbonyl (C=O) groups excluding carboxylic acids is 1. The highest BCUT2D eigenvalue weighted by Gasteiger charge is 2.37. The lowest BCUT2D eigenvalue weighted by atomic mass is 9.82. The lowest BCUT2D eigenvalue weighted by Gasteiger charge is -2.33. The van der Waals surface area contributed by atoms with Crippen molar-refractivity contribution in [1.82, 2.24) is 9.88 Å². The Morgan fingerprint density at radius 1 is 1.23 bits per heavy atom. The Morgan fingerprint density at radius 3 is 2.51 bits per heavy atom. The van der Waals surface area contributed by atoms with E-state index < -0.39 is 9.84 Å². The minimum Gasteiger partial charge on any atom is -0.302 e. The Bertz CT molecular complexity index is 1190. The second-order valence-electron chi connectivity index (χ2n) is 10.1. The van der Waals surface area contributed by atoms with E-state index in [4.69, 9.17) is 10.2 Å². The molecule has 1 fully saturated rings. The van der Waals surface area contributed by atoms with Gasteiger partial charge in [0.25, 0.3) is 0 Å². The first-order valence-electron chi connectivity index (χ1n) is 12.4. The largest absolute Gasteiger partial charge is 0.302 e. The standard InChI is InChI=1S/C26H34N4O3S2/c1-4-35(32,33)21-11-9-18(10-12-21)13-23(31)28-26-29-24-22(34-26)16-30(25(24)17(2)3)15-20-7-5-19(14-27)6-8-20/h9-12,17,19-20,25H,4-8,13,15-16H2,1-3H3,(H,28,29,31). The summed E-state index contributed by atoms with van der Waals surface area (Å²) in [6.07, 6.45) is 4.42. The fraction of sp³-hybridized carbons (Fsp3) is 0.577. The molecule has 1 saturated carbocycles. The van der Waals surface area contributed by atoms with E-state index in [9.17, 15) is 13.2 Å². The van der Waals surface area contributed by atoms with Crippen molar-refractivity contribution in [2.45, 2.75) is 70.4 Å². The van der Waals surface area contributed by atoms with Crippen molar-refractivity contribution in [3.8, 4) is 6.07 Å². The van der Waals surface area contributed by atoms with Crippen molar-refractivity contribution in [2.24, 2.45) is 17.8 Å². The average Bonchev–Trinajstić information content (AvgIpc) is 3.36. The van der Waals surface area contributed by atoms with E-state index in [0.717, 1.165) is 50.0 Å². The third-order valence-electron chi connectivity index (χ3n) is 7.17. The van der Waals surface area contributed by atoms with E-state index in [1.54, 1.807) is 42.5 Å². The smallest absolute Gasteiger partial charge is 0.230 e. The molecular weight excluding hydrogens is 480 g/mol. The predicted octanol–water partition coefficient (Wildman–Crippen LogP) is 4.96. The Labute approximate surface area is 212 Å². The number of hydrogen-bond acceptors (Lipinski definition) is 7. The fourth-order valence-electron chi connectivity index (χ4n) is 5.27. The van der Waals surface area contributed by atoms with E-state index in [1.165, 1.54) is 4.88 Å². The number of sulfone groups is 1. The highest BCUT2D eigenvalue weighted by atomic mass is 32.2. The number of carbonyl (C=O) groups is 1. The van der Waals surface area contributed by atoms with Crippen molar-refractivity contribution < 1.29 is 13.2 Å². The van der Waals surface area contributed by atoms with Crippen LogP contribution in [0, 0.1) is 29.1 Å². The molecule has 1 atom stereocenters. The molecule has 188 valence electrons. The summed E-state index contributed by atoms with van der Waals surface area (Å²) in [5.41, 5.74) is 1.85. The monoisotopic (exact) mass is 514 g/mol. The minimum absolute atomic E-state index is 0.0542. The van der Waals surface area contributed by atoms with Crippen LogP contribution >= 0.6 is 11.3 Å². The Kier molecular flexibility index (Phi) is 7.94. The molecule has 1 N–H and O–H groups in total. The van der Waals surface area contributed by atoms with Crippen molar-refractivity contribution >= 4 is 32.2 Å². The van der Waals surface area contributed by atoms with Gasteiger partial charge in [0.1, 0.15) is 0 Å². The maximum atomic E-state index is 12.6. The number of thiazole rings is 1. The summed E-state index contributed by atoms with van der Waals surface area (Å²) in [6.45, 7) is 7.96. The van der Waals surface area contributed by atoms with Crippen LogP contribution < -0.4 is 5.32 Å². The highest BCUT2D eigenvalue weighted by molar-refractivity contribution is 7.91. The number of nitriles is 1. The van der Waals surface area contributed by atoms with Crippen LogP contribution in [0.25, 0.3) is 0 Å². The maximum absolute atomic E-state index is 12.6. The number of anilines is 1. The number of nitrogens with one attached hydrogen (secondary N) is 1.